The van der Waals surface area contributed by atoms with E-state index in [0.29, 0.717) is 12.2 Å². The van der Waals surface area contributed by atoms with Crippen LogP contribution in [0.15, 0.2) is 22.9 Å². The van der Waals surface area contributed by atoms with Crippen LogP contribution in [0.2, 0.25) is 0 Å². The van der Waals surface area contributed by atoms with Gasteiger partial charge in [0, 0.05) is 10.3 Å². The van der Waals surface area contributed by atoms with Gasteiger partial charge in [-0.25, -0.2) is 4.98 Å². The average Bonchev–Trinajstić information content (AvgIpc) is 3.05. The molecule has 0 bridgehead atoms. The number of carbonyl (C=O) groups excluding carboxylic acids is 1. The van der Waals surface area contributed by atoms with Crippen LogP contribution in [0.5, 0.6) is 0 Å². The first-order valence-electron chi connectivity index (χ1n) is 5.72. The summed E-state index contributed by atoms with van der Waals surface area (Å²) in [6, 6.07) is 3.88. The van der Waals surface area contributed by atoms with E-state index >= 15 is 0 Å². The Balaban J connectivity index is 1.94. The van der Waals surface area contributed by atoms with Gasteiger partial charge in [-0.15, -0.1) is 22.7 Å². The Kier molecular flexibility index (Phi) is 4.46. The number of thiazole rings is 1. The average molecular weight is 281 g/mol. The molecule has 0 aromatic carbocycles. The van der Waals surface area contributed by atoms with Crippen molar-refractivity contribution >= 4 is 28.6 Å². The SMILES string of the molecule is CCC(N)c1nc(C(=O)NCc2cccs2)cs1. The lowest BCUT2D eigenvalue weighted by Crippen LogP contribution is -2.22. The zero-order chi connectivity index (χ0) is 13.0. The van der Waals surface area contributed by atoms with Crippen molar-refractivity contribution in [3.8, 4) is 0 Å². The second-order valence-electron chi connectivity index (χ2n) is 3.85. The van der Waals surface area contributed by atoms with Gasteiger partial charge in [0.05, 0.1) is 12.6 Å². The highest BCUT2D eigenvalue weighted by Gasteiger charge is 2.13. The maximum Gasteiger partial charge on any atom is 0.271 e. The number of aromatic nitrogens is 1. The Morgan fingerprint density at radius 1 is 1.56 bits per heavy atom. The Hall–Kier alpha value is -1.24. The summed E-state index contributed by atoms with van der Waals surface area (Å²) in [7, 11) is 0. The van der Waals surface area contributed by atoms with Gasteiger partial charge in [-0.05, 0) is 17.9 Å². The second-order valence-corrected chi connectivity index (χ2v) is 5.77. The molecule has 2 heterocycles. The molecule has 1 amide bonds. The molecular weight excluding hydrogens is 266 g/mol. The molecule has 0 fully saturated rings. The summed E-state index contributed by atoms with van der Waals surface area (Å²) in [6.45, 7) is 2.55. The van der Waals surface area contributed by atoms with E-state index in [1.54, 1.807) is 16.7 Å². The summed E-state index contributed by atoms with van der Waals surface area (Å²) < 4.78 is 0. The van der Waals surface area contributed by atoms with E-state index in [1.807, 2.05) is 24.4 Å². The largest absolute Gasteiger partial charge is 0.346 e. The minimum absolute atomic E-state index is 0.0751. The Bertz CT molecular complexity index is 507. The normalized spacial score (nSPS) is 12.3. The molecular formula is C12H15N3OS2. The molecule has 0 aliphatic heterocycles. The molecule has 0 saturated carbocycles. The Morgan fingerprint density at radius 3 is 3.06 bits per heavy atom. The highest BCUT2D eigenvalue weighted by atomic mass is 32.1. The predicted octanol–water partition coefficient (Wildman–Crippen LogP) is 2.54. The van der Waals surface area contributed by atoms with Crippen molar-refractivity contribution in [2.24, 2.45) is 5.73 Å². The first-order chi connectivity index (χ1) is 8.70. The van der Waals surface area contributed by atoms with Gasteiger partial charge in [0.2, 0.25) is 0 Å². The van der Waals surface area contributed by atoms with Crippen LogP contribution in [0.25, 0.3) is 0 Å². The number of nitrogens with one attached hydrogen (secondary N) is 1. The molecule has 1 unspecified atom stereocenters. The molecule has 0 saturated heterocycles. The van der Waals surface area contributed by atoms with Crippen molar-refractivity contribution in [2.75, 3.05) is 0 Å². The summed E-state index contributed by atoms with van der Waals surface area (Å²) in [6.07, 6.45) is 0.823. The topological polar surface area (TPSA) is 68.0 Å². The van der Waals surface area contributed by atoms with Crippen molar-refractivity contribution in [3.05, 3.63) is 38.5 Å². The number of amides is 1. The zero-order valence-corrected chi connectivity index (χ0v) is 11.7. The minimum Gasteiger partial charge on any atom is -0.346 e. The molecule has 2 rings (SSSR count). The number of thiophene rings is 1. The first-order valence-corrected chi connectivity index (χ1v) is 7.48. The number of hydrogen-bond donors (Lipinski definition) is 2. The van der Waals surface area contributed by atoms with Gasteiger partial charge < -0.3 is 11.1 Å². The molecule has 0 aliphatic rings. The van der Waals surface area contributed by atoms with Crippen molar-refractivity contribution < 1.29 is 4.79 Å². The summed E-state index contributed by atoms with van der Waals surface area (Å²) in [5.41, 5.74) is 6.33. The third-order valence-electron chi connectivity index (χ3n) is 2.51. The Labute approximate surface area is 114 Å². The first kappa shape index (κ1) is 13.2. The van der Waals surface area contributed by atoms with Gasteiger partial charge >= 0.3 is 0 Å². The maximum atomic E-state index is 11.9. The van der Waals surface area contributed by atoms with Gasteiger partial charge in [0.1, 0.15) is 10.7 Å². The fourth-order valence-electron chi connectivity index (χ4n) is 1.41. The van der Waals surface area contributed by atoms with Gasteiger partial charge in [0.15, 0.2) is 0 Å². The minimum atomic E-state index is -0.144. The summed E-state index contributed by atoms with van der Waals surface area (Å²) in [5.74, 6) is -0.144. The van der Waals surface area contributed by atoms with Crippen molar-refractivity contribution in [1.29, 1.82) is 0 Å². The standard InChI is InChI=1S/C12H15N3OS2/c1-2-9(13)12-15-10(7-18-12)11(16)14-6-8-4-3-5-17-8/h3-5,7,9H,2,6,13H2,1H3,(H,14,16). The van der Waals surface area contributed by atoms with E-state index in [0.717, 1.165) is 16.3 Å². The van der Waals surface area contributed by atoms with Crippen LogP contribution < -0.4 is 11.1 Å². The number of nitrogens with two attached hydrogens (primary N) is 1. The summed E-state index contributed by atoms with van der Waals surface area (Å²) >= 11 is 3.06. The fraction of sp³-hybridized carbons (Fsp3) is 0.333. The van der Waals surface area contributed by atoms with E-state index in [4.69, 9.17) is 5.73 Å². The molecule has 0 spiro atoms. The molecule has 2 aromatic heterocycles. The van der Waals surface area contributed by atoms with Crippen LogP contribution >= 0.6 is 22.7 Å². The molecule has 2 aromatic rings. The molecule has 0 radical (unpaired) electrons. The van der Waals surface area contributed by atoms with Crippen LogP contribution in [-0.4, -0.2) is 10.9 Å². The lowest BCUT2D eigenvalue weighted by Gasteiger charge is -2.03. The highest BCUT2D eigenvalue weighted by molar-refractivity contribution is 7.10. The third kappa shape index (κ3) is 3.16. The van der Waals surface area contributed by atoms with Gasteiger partial charge in [-0.3, -0.25) is 4.79 Å². The van der Waals surface area contributed by atoms with Crippen molar-refractivity contribution in [1.82, 2.24) is 10.3 Å². The van der Waals surface area contributed by atoms with E-state index in [2.05, 4.69) is 10.3 Å². The molecule has 0 aliphatic carbocycles. The van der Waals surface area contributed by atoms with Crippen molar-refractivity contribution in [2.45, 2.75) is 25.9 Å². The van der Waals surface area contributed by atoms with Crippen LogP contribution in [0.1, 0.15) is 39.8 Å². The number of carbonyl (C=O) groups is 1. The fourth-order valence-corrected chi connectivity index (χ4v) is 2.94. The van der Waals surface area contributed by atoms with Gasteiger partial charge in [-0.1, -0.05) is 13.0 Å². The second kappa shape index (κ2) is 6.08. The van der Waals surface area contributed by atoms with Crippen LogP contribution in [0, 0.1) is 0 Å². The third-order valence-corrected chi connectivity index (χ3v) is 4.37. The highest BCUT2D eigenvalue weighted by Crippen LogP contribution is 2.18. The molecule has 1 atom stereocenters. The zero-order valence-electron chi connectivity index (χ0n) is 10.1. The molecule has 3 N–H and O–H groups in total. The van der Waals surface area contributed by atoms with E-state index in [1.165, 1.54) is 11.3 Å². The number of hydrogen-bond acceptors (Lipinski definition) is 5. The van der Waals surface area contributed by atoms with Gasteiger partial charge in [0.25, 0.3) is 5.91 Å². The van der Waals surface area contributed by atoms with E-state index < -0.39 is 0 Å². The monoisotopic (exact) mass is 281 g/mol. The summed E-state index contributed by atoms with van der Waals surface area (Å²) in [5, 5.41) is 7.41. The van der Waals surface area contributed by atoms with Gasteiger partial charge in [-0.2, -0.15) is 0 Å². The Morgan fingerprint density at radius 2 is 2.39 bits per heavy atom. The van der Waals surface area contributed by atoms with E-state index in [9.17, 15) is 4.79 Å². The predicted molar refractivity (Wildman–Crippen MR) is 74.8 cm³/mol. The smallest absolute Gasteiger partial charge is 0.271 e. The van der Waals surface area contributed by atoms with Crippen LogP contribution in [0.3, 0.4) is 0 Å². The molecule has 96 valence electrons. The summed E-state index contributed by atoms with van der Waals surface area (Å²) in [4.78, 5) is 17.3. The maximum absolute atomic E-state index is 11.9. The number of rotatable bonds is 5. The van der Waals surface area contributed by atoms with Crippen molar-refractivity contribution in [3.63, 3.8) is 0 Å². The van der Waals surface area contributed by atoms with Crippen LogP contribution in [-0.2, 0) is 6.54 Å². The molecule has 4 nitrogen and oxygen atoms in total. The lowest BCUT2D eigenvalue weighted by molar-refractivity contribution is 0.0947. The number of nitrogens with zero attached hydrogens (tertiary/aromatic N) is 1. The molecule has 18 heavy (non-hydrogen) atoms. The lowest BCUT2D eigenvalue weighted by atomic mass is 10.2. The van der Waals surface area contributed by atoms with E-state index in [-0.39, 0.29) is 11.9 Å². The van der Waals surface area contributed by atoms with Crippen LogP contribution in [0.4, 0.5) is 0 Å². The quantitative estimate of drug-likeness (QED) is 0.885. The molecule has 6 heteroatoms.